The van der Waals surface area contributed by atoms with Gasteiger partial charge in [0, 0.05) is 6.42 Å². The van der Waals surface area contributed by atoms with Crippen molar-refractivity contribution in [2.24, 2.45) is 0 Å². The van der Waals surface area contributed by atoms with Gasteiger partial charge in [0.2, 0.25) is 0 Å². The molecule has 0 rings (SSSR count). The third kappa shape index (κ3) is 17.5. The molecule has 0 aliphatic heterocycles. The standard InChI is InChI=1S/C19H39NO2/c1-4-5-6-7-8-9-10-11-15-18-22-19(21)16-13-12-14-17-20(2)3/h4-18H2,1-3H3. The van der Waals surface area contributed by atoms with Crippen molar-refractivity contribution in [3.05, 3.63) is 0 Å². The van der Waals surface area contributed by atoms with Gasteiger partial charge in [-0.25, -0.2) is 0 Å². The maximum Gasteiger partial charge on any atom is 0.305 e. The summed E-state index contributed by atoms with van der Waals surface area (Å²) in [4.78, 5) is 13.7. The van der Waals surface area contributed by atoms with Crippen molar-refractivity contribution in [3.8, 4) is 0 Å². The lowest BCUT2D eigenvalue weighted by molar-refractivity contribution is -0.143. The third-order valence-electron chi connectivity index (χ3n) is 4.00. The van der Waals surface area contributed by atoms with Gasteiger partial charge in [-0.1, -0.05) is 64.7 Å². The van der Waals surface area contributed by atoms with Gasteiger partial charge < -0.3 is 9.64 Å². The second kappa shape index (κ2) is 16.8. The molecule has 0 fully saturated rings. The fourth-order valence-electron chi connectivity index (χ4n) is 2.55. The molecule has 0 aromatic carbocycles. The molecule has 0 spiro atoms. The van der Waals surface area contributed by atoms with Crippen molar-refractivity contribution in [3.63, 3.8) is 0 Å². The summed E-state index contributed by atoms with van der Waals surface area (Å²) in [5.74, 6) is -0.00980. The van der Waals surface area contributed by atoms with Gasteiger partial charge in [-0.15, -0.1) is 0 Å². The molecule has 0 atom stereocenters. The van der Waals surface area contributed by atoms with Crippen LogP contribution in [0, 0.1) is 0 Å². The quantitative estimate of drug-likeness (QED) is 0.290. The number of unbranched alkanes of at least 4 members (excludes halogenated alkanes) is 10. The fraction of sp³-hybridized carbons (Fsp3) is 0.947. The van der Waals surface area contributed by atoms with Crippen LogP contribution in [-0.4, -0.2) is 38.1 Å². The normalized spacial score (nSPS) is 11.1. The molecule has 3 nitrogen and oxygen atoms in total. The van der Waals surface area contributed by atoms with Gasteiger partial charge in [0.15, 0.2) is 0 Å². The molecule has 0 bridgehead atoms. The zero-order valence-electron chi connectivity index (χ0n) is 15.4. The Morgan fingerprint density at radius 2 is 1.32 bits per heavy atom. The van der Waals surface area contributed by atoms with Crippen LogP contribution in [0.3, 0.4) is 0 Å². The number of hydrogen-bond acceptors (Lipinski definition) is 3. The highest BCUT2D eigenvalue weighted by Crippen LogP contribution is 2.10. The molecule has 0 saturated heterocycles. The number of rotatable bonds is 16. The summed E-state index contributed by atoms with van der Waals surface area (Å²) in [6, 6.07) is 0. The molecule has 0 amide bonds. The van der Waals surface area contributed by atoms with Crippen LogP contribution in [0.2, 0.25) is 0 Å². The van der Waals surface area contributed by atoms with E-state index in [1.54, 1.807) is 0 Å². The number of hydrogen-bond donors (Lipinski definition) is 0. The molecule has 0 aliphatic carbocycles. The highest BCUT2D eigenvalue weighted by Gasteiger charge is 2.02. The molecule has 0 N–H and O–H groups in total. The first-order chi connectivity index (χ1) is 10.7. The van der Waals surface area contributed by atoms with Crippen LogP contribution in [-0.2, 0) is 9.53 Å². The van der Waals surface area contributed by atoms with E-state index in [2.05, 4.69) is 25.9 Å². The summed E-state index contributed by atoms with van der Waals surface area (Å²) in [6.07, 6.45) is 15.5. The SMILES string of the molecule is CCCCCCCCCCCOC(=O)CCCCCN(C)C. The first kappa shape index (κ1) is 21.4. The van der Waals surface area contributed by atoms with Crippen molar-refractivity contribution in [1.82, 2.24) is 4.90 Å². The second-order valence-electron chi connectivity index (χ2n) is 6.66. The number of nitrogens with zero attached hydrogens (tertiary/aromatic N) is 1. The Morgan fingerprint density at radius 3 is 1.91 bits per heavy atom. The Kier molecular flexibility index (Phi) is 16.4. The molecule has 132 valence electrons. The first-order valence-electron chi connectivity index (χ1n) is 9.47. The predicted molar refractivity (Wildman–Crippen MR) is 95.2 cm³/mol. The van der Waals surface area contributed by atoms with E-state index in [-0.39, 0.29) is 5.97 Å². The summed E-state index contributed by atoms with van der Waals surface area (Å²) in [5.41, 5.74) is 0. The van der Waals surface area contributed by atoms with Crippen LogP contribution in [0.5, 0.6) is 0 Å². The molecule has 0 radical (unpaired) electrons. The van der Waals surface area contributed by atoms with Gasteiger partial charge in [0.25, 0.3) is 0 Å². The highest BCUT2D eigenvalue weighted by atomic mass is 16.5. The summed E-state index contributed by atoms with van der Waals surface area (Å²) in [5, 5.41) is 0. The second-order valence-corrected chi connectivity index (χ2v) is 6.66. The summed E-state index contributed by atoms with van der Waals surface area (Å²) in [6.45, 7) is 3.98. The van der Waals surface area contributed by atoms with Crippen LogP contribution < -0.4 is 0 Å². The van der Waals surface area contributed by atoms with E-state index in [4.69, 9.17) is 4.74 Å². The maximum atomic E-state index is 11.5. The van der Waals surface area contributed by atoms with Gasteiger partial charge in [0.1, 0.15) is 0 Å². The van der Waals surface area contributed by atoms with Crippen molar-refractivity contribution in [2.45, 2.75) is 90.4 Å². The lowest BCUT2D eigenvalue weighted by Crippen LogP contribution is -2.13. The van der Waals surface area contributed by atoms with Crippen LogP contribution in [0.1, 0.15) is 90.4 Å². The first-order valence-corrected chi connectivity index (χ1v) is 9.47. The Labute approximate surface area is 138 Å². The molecular weight excluding hydrogens is 274 g/mol. The Hall–Kier alpha value is -0.570. The molecule has 0 unspecified atom stereocenters. The summed E-state index contributed by atoms with van der Waals surface area (Å²) < 4.78 is 5.28. The van der Waals surface area contributed by atoms with Gasteiger partial charge in [0.05, 0.1) is 6.61 Å². The molecule has 0 aliphatic rings. The van der Waals surface area contributed by atoms with E-state index in [1.165, 1.54) is 57.8 Å². The lowest BCUT2D eigenvalue weighted by Gasteiger charge is -2.08. The van der Waals surface area contributed by atoms with Crippen molar-refractivity contribution in [2.75, 3.05) is 27.2 Å². The maximum absolute atomic E-state index is 11.5. The van der Waals surface area contributed by atoms with E-state index >= 15 is 0 Å². The average molecular weight is 314 g/mol. The van der Waals surface area contributed by atoms with E-state index in [9.17, 15) is 4.79 Å². The van der Waals surface area contributed by atoms with Crippen LogP contribution >= 0.6 is 0 Å². The smallest absolute Gasteiger partial charge is 0.305 e. The van der Waals surface area contributed by atoms with Crippen molar-refractivity contribution in [1.29, 1.82) is 0 Å². The summed E-state index contributed by atoms with van der Waals surface area (Å²) in [7, 11) is 4.17. The van der Waals surface area contributed by atoms with Crippen LogP contribution in [0.25, 0.3) is 0 Å². The largest absolute Gasteiger partial charge is 0.466 e. The Balaban J connectivity index is 3.15. The molecule has 0 heterocycles. The Morgan fingerprint density at radius 1 is 0.773 bits per heavy atom. The highest BCUT2D eigenvalue weighted by molar-refractivity contribution is 5.69. The van der Waals surface area contributed by atoms with Gasteiger partial charge >= 0.3 is 5.97 Å². The average Bonchev–Trinajstić information content (AvgIpc) is 2.48. The van der Waals surface area contributed by atoms with Crippen LogP contribution in [0.4, 0.5) is 0 Å². The number of carbonyl (C=O) groups is 1. The minimum Gasteiger partial charge on any atom is -0.466 e. The third-order valence-corrected chi connectivity index (χ3v) is 4.00. The van der Waals surface area contributed by atoms with Crippen LogP contribution in [0.15, 0.2) is 0 Å². The minimum atomic E-state index is -0.00980. The lowest BCUT2D eigenvalue weighted by atomic mass is 10.1. The minimum absolute atomic E-state index is 0.00980. The molecule has 22 heavy (non-hydrogen) atoms. The molecule has 0 aromatic heterocycles. The zero-order chi connectivity index (χ0) is 16.5. The number of carbonyl (C=O) groups excluding carboxylic acids is 1. The van der Waals surface area contributed by atoms with Crippen molar-refractivity contribution >= 4 is 5.97 Å². The molecular formula is C19H39NO2. The van der Waals surface area contributed by atoms with E-state index in [0.29, 0.717) is 13.0 Å². The zero-order valence-corrected chi connectivity index (χ0v) is 15.4. The summed E-state index contributed by atoms with van der Waals surface area (Å²) >= 11 is 0. The number of ether oxygens (including phenoxy) is 1. The van der Waals surface area contributed by atoms with Crippen molar-refractivity contribution < 1.29 is 9.53 Å². The monoisotopic (exact) mass is 313 g/mol. The predicted octanol–water partition coefficient (Wildman–Crippen LogP) is 5.18. The Bertz CT molecular complexity index is 242. The molecule has 0 saturated carbocycles. The fourth-order valence-corrected chi connectivity index (χ4v) is 2.55. The molecule has 0 aromatic rings. The van der Waals surface area contributed by atoms with E-state index in [1.807, 2.05) is 0 Å². The van der Waals surface area contributed by atoms with Gasteiger partial charge in [-0.2, -0.15) is 0 Å². The topological polar surface area (TPSA) is 29.5 Å². The number of esters is 1. The van der Waals surface area contributed by atoms with Gasteiger partial charge in [-0.3, -0.25) is 4.79 Å². The van der Waals surface area contributed by atoms with Gasteiger partial charge in [-0.05, 0) is 39.9 Å². The molecule has 3 heteroatoms. The van der Waals surface area contributed by atoms with E-state index < -0.39 is 0 Å². The van der Waals surface area contributed by atoms with E-state index in [0.717, 1.165) is 25.8 Å².